The molecule has 2 N–H and O–H groups in total. The summed E-state index contributed by atoms with van der Waals surface area (Å²) in [6, 6.07) is 16.7. The van der Waals surface area contributed by atoms with Crippen LogP contribution >= 0.6 is 0 Å². The van der Waals surface area contributed by atoms with E-state index in [0.717, 1.165) is 11.3 Å². The highest BCUT2D eigenvalue weighted by Crippen LogP contribution is 2.12. The molecule has 0 spiro atoms. The Morgan fingerprint density at radius 3 is 2.40 bits per heavy atom. The third-order valence-corrected chi connectivity index (χ3v) is 3.56. The van der Waals surface area contributed by atoms with Crippen molar-refractivity contribution in [3.8, 4) is 5.69 Å². The largest absolute Gasteiger partial charge is 0.347 e. The van der Waals surface area contributed by atoms with E-state index in [0.29, 0.717) is 18.7 Å². The summed E-state index contributed by atoms with van der Waals surface area (Å²) in [6.45, 7) is 0.404. The molecule has 0 aliphatic heterocycles. The number of aromatic nitrogens is 3. The first-order valence-corrected chi connectivity index (χ1v) is 7.80. The van der Waals surface area contributed by atoms with Gasteiger partial charge in [-0.15, -0.1) is 0 Å². The topological polar surface area (TPSA) is 88.9 Å². The first-order valence-electron chi connectivity index (χ1n) is 7.80. The highest BCUT2D eigenvalue weighted by atomic mass is 16.2. The summed E-state index contributed by atoms with van der Waals surface area (Å²) < 4.78 is 1.60. The number of carbonyl (C=O) groups excluding carboxylic acids is 2. The van der Waals surface area contributed by atoms with Gasteiger partial charge in [0.1, 0.15) is 12.7 Å². The number of hydrogen-bond donors (Lipinski definition) is 2. The van der Waals surface area contributed by atoms with Crippen molar-refractivity contribution in [3.05, 3.63) is 72.8 Å². The maximum Gasteiger partial charge on any atom is 0.313 e. The van der Waals surface area contributed by atoms with Gasteiger partial charge in [-0.05, 0) is 36.2 Å². The third-order valence-electron chi connectivity index (χ3n) is 3.56. The number of nitrogens with zero attached hydrogens (tertiary/aromatic N) is 3. The number of nitrogens with one attached hydrogen (secondary N) is 2. The van der Waals surface area contributed by atoms with Gasteiger partial charge in [0, 0.05) is 12.2 Å². The maximum absolute atomic E-state index is 11.9. The van der Waals surface area contributed by atoms with E-state index in [2.05, 4.69) is 20.7 Å². The monoisotopic (exact) mass is 335 g/mol. The second-order valence-electron chi connectivity index (χ2n) is 5.33. The molecule has 0 saturated carbocycles. The average molecular weight is 335 g/mol. The third kappa shape index (κ3) is 4.51. The zero-order chi connectivity index (χ0) is 17.5. The van der Waals surface area contributed by atoms with Crippen molar-refractivity contribution in [2.75, 3.05) is 11.9 Å². The lowest BCUT2D eigenvalue weighted by Crippen LogP contribution is -2.36. The van der Waals surface area contributed by atoms with Crippen LogP contribution in [0.4, 0.5) is 5.69 Å². The molecule has 0 unspecified atom stereocenters. The Labute approximate surface area is 144 Å². The van der Waals surface area contributed by atoms with Crippen LogP contribution in [0.2, 0.25) is 0 Å². The molecule has 0 fully saturated rings. The summed E-state index contributed by atoms with van der Waals surface area (Å²) >= 11 is 0. The molecule has 7 heteroatoms. The minimum absolute atomic E-state index is 0.404. The fraction of sp³-hybridized carbons (Fsp3) is 0.111. The second-order valence-corrected chi connectivity index (χ2v) is 5.33. The molecule has 3 rings (SSSR count). The van der Waals surface area contributed by atoms with Crippen molar-refractivity contribution in [1.29, 1.82) is 0 Å². The molecule has 3 aromatic rings. The fourth-order valence-electron chi connectivity index (χ4n) is 2.27. The summed E-state index contributed by atoms with van der Waals surface area (Å²) in [4.78, 5) is 27.6. The van der Waals surface area contributed by atoms with Crippen molar-refractivity contribution < 1.29 is 9.59 Å². The van der Waals surface area contributed by atoms with Gasteiger partial charge in [-0.3, -0.25) is 9.59 Å². The Balaban J connectivity index is 1.48. The summed E-state index contributed by atoms with van der Waals surface area (Å²) in [5.41, 5.74) is 2.45. The molecule has 0 radical (unpaired) electrons. The van der Waals surface area contributed by atoms with Gasteiger partial charge in [-0.2, -0.15) is 5.10 Å². The van der Waals surface area contributed by atoms with Crippen molar-refractivity contribution >= 4 is 17.5 Å². The van der Waals surface area contributed by atoms with Gasteiger partial charge in [0.2, 0.25) is 0 Å². The van der Waals surface area contributed by atoms with Gasteiger partial charge in [-0.25, -0.2) is 9.67 Å². The van der Waals surface area contributed by atoms with Crippen LogP contribution in [0.25, 0.3) is 5.69 Å². The molecule has 0 atom stereocenters. The molecule has 1 aromatic heterocycles. The van der Waals surface area contributed by atoms with E-state index in [1.807, 2.05) is 30.3 Å². The van der Waals surface area contributed by atoms with Crippen LogP contribution in [0.15, 0.2) is 67.3 Å². The lowest BCUT2D eigenvalue weighted by molar-refractivity contribution is -0.136. The molecule has 1 heterocycles. The van der Waals surface area contributed by atoms with Gasteiger partial charge in [0.05, 0.1) is 5.69 Å². The molecule has 7 nitrogen and oxygen atoms in total. The van der Waals surface area contributed by atoms with Crippen LogP contribution in [0.3, 0.4) is 0 Å². The van der Waals surface area contributed by atoms with E-state index in [-0.39, 0.29) is 0 Å². The molecular formula is C18H17N5O2. The molecule has 25 heavy (non-hydrogen) atoms. The van der Waals surface area contributed by atoms with Crippen LogP contribution in [0, 0.1) is 0 Å². The summed E-state index contributed by atoms with van der Waals surface area (Å²) in [6.07, 6.45) is 3.69. The van der Waals surface area contributed by atoms with Gasteiger partial charge in [0.25, 0.3) is 0 Å². The second kappa shape index (κ2) is 7.87. The first kappa shape index (κ1) is 16.4. The molecule has 2 aromatic carbocycles. The highest BCUT2D eigenvalue weighted by Gasteiger charge is 2.13. The fourth-order valence-corrected chi connectivity index (χ4v) is 2.27. The van der Waals surface area contributed by atoms with Crippen molar-refractivity contribution in [2.45, 2.75) is 6.42 Å². The predicted molar refractivity (Wildman–Crippen MR) is 93.1 cm³/mol. The van der Waals surface area contributed by atoms with E-state index in [1.54, 1.807) is 35.3 Å². The minimum Gasteiger partial charge on any atom is -0.347 e. The van der Waals surface area contributed by atoms with Crippen LogP contribution in [0.5, 0.6) is 0 Å². The Morgan fingerprint density at radius 1 is 0.960 bits per heavy atom. The average Bonchev–Trinajstić information content (AvgIpc) is 3.18. The van der Waals surface area contributed by atoms with Gasteiger partial charge < -0.3 is 10.6 Å². The first-order chi connectivity index (χ1) is 12.2. The Kier molecular flexibility index (Phi) is 5.16. The summed E-state index contributed by atoms with van der Waals surface area (Å²) in [5, 5.41) is 9.20. The number of hydrogen-bond acceptors (Lipinski definition) is 4. The smallest absolute Gasteiger partial charge is 0.313 e. The van der Waals surface area contributed by atoms with E-state index in [4.69, 9.17) is 0 Å². The van der Waals surface area contributed by atoms with Crippen molar-refractivity contribution in [2.24, 2.45) is 0 Å². The molecule has 0 bridgehead atoms. The standard InChI is InChI=1S/C18H17N5O2/c24-17(20-11-10-14-4-2-1-3-5-14)18(25)22-15-6-8-16(9-7-15)23-13-19-12-21-23/h1-9,12-13H,10-11H2,(H,20,24)(H,22,25). The molecule has 126 valence electrons. The Bertz CT molecular complexity index is 830. The van der Waals surface area contributed by atoms with E-state index < -0.39 is 11.8 Å². The number of anilines is 1. The van der Waals surface area contributed by atoms with Gasteiger partial charge in [-0.1, -0.05) is 30.3 Å². The number of benzene rings is 2. The Hall–Kier alpha value is -3.48. The zero-order valence-electron chi connectivity index (χ0n) is 13.4. The Morgan fingerprint density at radius 2 is 1.72 bits per heavy atom. The predicted octanol–water partition coefficient (Wildman–Crippen LogP) is 1.56. The molecular weight excluding hydrogens is 318 g/mol. The highest BCUT2D eigenvalue weighted by molar-refractivity contribution is 6.39. The molecule has 0 aliphatic carbocycles. The van der Waals surface area contributed by atoms with Crippen LogP contribution < -0.4 is 10.6 Å². The number of carbonyl (C=O) groups is 2. The van der Waals surface area contributed by atoms with Crippen molar-refractivity contribution in [1.82, 2.24) is 20.1 Å². The number of rotatable bonds is 5. The maximum atomic E-state index is 11.9. The van der Waals surface area contributed by atoms with Crippen molar-refractivity contribution in [3.63, 3.8) is 0 Å². The van der Waals surface area contributed by atoms with Gasteiger partial charge in [0.15, 0.2) is 0 Å². The van der Waals surface area contributed by atoms with Crippen LogP contribution in [-0.2, 0) is 16.0 Å². The van der Waals surface area contributed by atoms with E-state index in [1.165, 1.54) is 6.33 Å². The van der Waals surface area contributed by atoms with Crippen LogP contribution in [0.1, 0.15) is 5.56 Å². The SMILES string of the molecule is O=C(NCCc1ccccc1)C(=O)Nc1ccc(-n2cncn2)cc1. The number of amides is 2. The molecule has 0 saturated heterocycles. The van der Waals surface area contributed by atoms with Gasteiger partial charge >= 0.3 is 11.8 Å². The summed E-state index contributed by atoms with van der Waals surface area (Å²) in [5.74, 6) is -1.35. The molecule has 0 aliphatic rings. The normalized spacial score (nSPS) is 10.2. The zero-order valence-corrected chi connectivity index (χ0v) is 13.4. The van der Waals surface area contributed by atoms with E-state index >= 15 is 0 Å². The quantitative estimate of drug-likeness (QED) is 0.693. The lowest BCUT2D eigenvalue weighted by atomic mass is 10.1. The minimum atomic E-state index is -0.693. The molecule has 2 amide bonds. The van der Waals surface area contributed by atoms with Crippen LogP contribution in [-0.4, -0.2) is 33.1 Å². The summed E-state index contributed by atoms with van der Waals surface area (Å²) in [7, 11) is 0. The lowest BCUT2D eigenvalue weighted by Gasteiger charge is -2.07. The van der Waals surface area contributed by atoms with E-state index in [9.17, 15) is 9.59 Å².